The predicted molar refractivity (Wildman–Crippen MR) is 123 cm³/mol. The van der Waals surface area contributed by atoms with Crippen LogP contribution in [-0.2, 0) is 14.3 Å². The minimum Gasteiger partial charge on any atom is -0.374 e. The molecule has 4 heteroatoms. The van der Waals surface area contributed by atoms with Gasteiger partial charge in [0.1, 0.15) is 6.61 Å². The number of unbranched alkanes of at least 4 members (excludes halogenated alkanes) is 8. The molecular formula is C25H49NO3. The SMILES string of the molecule is CCCCCCC(CC)C(=O)COCCCCCCCCNC(=O)C(C)CCC. The summed E-state index contributed by atoms with van der Waals surface area (Å²) < 4.78 is 5.62. The molecule has 29 heavy (non-hydrogen) atoms. The van der Waals surface area contributed by atoms with Crippen molar-refractivity contribution in [1.29, 1.82) is 0 Å². The van der Waals surface area contributed by atoms with Crippen LogP contribution in [0.15, 0.2) is 0 Å². The minimum absolute atomic E-state index is 0.139. The van der Waals surface area contributed by atoms with E-state index in [1.807, 2.05) is 6.92 Å². The van der Waals surface area contributed by atoms with Gasteiger partial charge in [-0.2, -0.15) is 0 Å². The maximum atomic E-state index is 12.2. The second kappa shape index (κ2) is 20.4. The Kier molecular flexibility index (Phi) is 19.7. The van der Waals surface area contributed by atoms with Crippen molar-refractivity contribution < 1.29 is 14.3 Å². The summed E-state index contributed by atoms with van der Waals surface area (Å²) in [5, 5.41) is 3.04. The van der Waals surface area contributed by atoms with Crippen LogP contribution in [0.4, 0.5) is 0 Å². The lowest BCUT2D eigenvalue weighted by molar-refractivity contribution is -0.128. The van der Waals surface area contributed by atoms with E-state index in [-0.39, 0.29) is 17.7 Å². The summed E-state index contributed by atoms with van der Waals surface area (Å²) >= 11 is 0. The van der Waals surface area contributed by atoms with Gasteiger partial charge in [-0.25, -0.2) is 0 Å². The molecule has 0 aromatic heterocycles. The predicted octanol–water partition coefficient (Wildman–Crippen LogP) is 6.46. The molecule has 0 bridgehead atoms. The van der Waals surface area contributed by atoms with Crippen molar-refractivity contribution in [3.8, 4) is 0 Å². The molecule has 0 aliphatic rings. The van der Waals surface area contributed by atoms with Gasteiger partial charge in [0.25, 0.3) is 0 Å². The highest BCUT2D eigenvalue weighted by molar-refractivity contribution is 5.82. The number of amides is 1. The first kappa shape index (κ1) is 28.1. The van der Waals surface area contributed by atoms with Crippen LogP contribution in [0.1, 0.15) is 118 Å². The average Bonchev–Trinajstić information content (AvgIpc) is 2.71. The Labute approximate surface area is 180 Å². The lowest BCUT2D eigenvalue weighted by Gasteiger charge is -2.13. The Morgan fingerprint density at radius 1 is 0.793 bits per heavy atom. The molecule has 0 radical (unpaired) electrons. The summed E-state index contributed by atoms with van der Waals surface area (Å²) in [4.78, 5) is 24.1. The third-order valence-electron chi connectivity index (χ3n) is 5.78. The quantitative estimate of drug-likeness (QED) is 0.220. The number of carbonyl (C=O) groups is 2. The Bertz CT molecular complexity index is 398. The molecule has 0 fully saturated rings. The molecule has 0 saturated carbocycles. The van der Waals surface area contributed by atoms with E-state index in [0.29, 0.717) is 19.0 Å². The van der Waals surface area contributed by atoms with Crippen LogP contribution in [0.2, 0.25) is 0 Å². The summed E-state index contributed by atoms with van der Waals surface area (Å²) in [5.41, 5.74) is 0. The molecule has 0 heterocycles. The van der Waals surface area contributed by atoms with Crippen molar-refractivity contribution in [2.45, 2.75) is 118 Å². The van der Waals surface area contributed by atoms with Crippen LogP contribution in [0.5, 0.6) is 0 Å². The fourth-order valence-electron chi connectivity index (χ4n) is 3.69. The summed E-state index contributed by atoms with van der Waals surface area (Å²) in [5.74, 6) is 0.821. The van der Waals surface area contributed by atoms with E-state index in [1.54, 1.807) is 0 Å². The third kappa shape index (κ3) is 16.6. The normalized spacial score (nSPS) is 13.2. The first-order valence-electron chi connectivity index (χ1n) is 12.4. The lowest BCUT2D eigenvalue weighted by Crippen LogP contribution is -2.29. The van der Waals surface area contributed by atoms with Gasteiger partial charge in [0.05, 0.1) is 0 Å². The number of nitrogens with one attached hydrogen (secondary N) is 1. The highest BCUT2D eigenvalue weighted by Crippen LogP contribution is 2.16. The Morgan fingerprint density at radius 2 is 1.45 bits per heavy atom. The fourth-order valence-corrected chi connectivity index (χ4v) is 3.69. The van der Waals surface area contributed by atoms with Gasteiger partial charge in [-0.1, -0.05) is 85.5 Å². The largest absolute Gasteiger partial charge is 0.374 e. The van der Waals surface area contributed by atoms with Crippen molar-refractivity contribution in [3.05, 3.63) is 0 Å². The first-order valence-corrected chi connectivity index (χ1v) is 12.4. The van der Waals surface area contributed by atoms with Gasteiger partial charge in [-0.15, -0.1) is 0 Å². The smallest absolute Gasteiger partial charge is 0.222 e. The van der Waals surface area contributed by atoms with Crippen LogP contribution in [0.25, 0.3) is 0 Å². The molecule has 4 nitrogen and oxygen atoms in total. The zero-order chi connectivity index (χ0) is 21.7. The van der Waals surface area contributed by atoms with E-state index in [4.69, 9.17) is 4.74 Å². The molecule has 2 unspecified atom stereocenters. The highest BCUT2D eigenvalue weighted by Gasteiger charge is 2.15. The van der Waals surface area contributed by atoms with Gasteiger partial charge in [-0.05, 0) is 32.1 Å². The van der Waals surface area contributed by atoms with Crippen molar-refractivity contribution in [3.63, 3.8) is 0 Å². The van der Waals surface area contributed by atoms with Crippen LogP contribution in [0.3, 0.4) is 0 Å². The minimum atomic E-state index is 0.139. The van der Waals surface area contributed by atoms with Crippen molar-refractivity contribution in [2.24, 2.45) is 11.8 Å². The molecule has 1 N–H and O–H groups in total. The Balaban J connectivity index is 3.49. The monoisotopic (exact) mass is 411 g/mol. The average molecular weight is 412 g/mol. The van der Waals surface area contributed by atoms with E-state index >= 15 is 0 Å². The van der Waals surface area contributed by atoms with Gasteiger partial charge < -0.3 is 10.1 Å². The lowest BCUT2D eigenvalue weighted by atomic mass is 9.94. The molecule has 0 rings (SSSR count). The first-order chi connectivity index (χ1) is 14.1. The third-order valence-corrected chi connectivity index (χ3v) is 5.78. The summed E-state index contributed by atoms with van der Waals surface area (Å²) in [6, 6.07) is 0. The van der Waals surface area contributed by atoms with E-state index < -0.39 is 0 Å². The molecule has 0 spiro atoms. The summed E-state index contributed by atoms with van der Waals surface area (Å²) in [6.07, 6.45) is 15.7. The van der Waals surface area contributed by atoms with Gasteiger partial charge in [0.2, 0.25) is 5.91 Å². The summed E-state index contributed by atoms with van der Waals surface area (Å²) in [6.45, 7) is 10.2. The second-order valence-electron chi connectivity index (χ2n) is 8.58. The van der Waals surface area contributed by atoms with E-state index in [9.17, 15) is 9.59 Å². The van der Waals surface area contributed by atoms with Crippen LogP contribution >= 0.6 is 0 Å². The molecule has 0 aliphatic carbocycles. The topological polar surface area (TPSA) is 55.4 Å². The fraction of sp³-hybridized carbons (Fsp3) is 0.920. The number of rotatable bonds is 21. The number of hydrogen-bond acceptors (Lipinski definition) is 3. The summed E-state index contributed by atoms with van der Waals surface area (Å²) in [7, 11) is 0. The zero-order valence-corrected chi connectivity index (χ0v) is 19.9. The van der Waals surface area contributed by atoms with Crippen molar-refractivity contribution >= 4 is 11.7 Å². The Morgan fingerprint density at radius 3 is 2.10 bits per heavy atom. The zero-order valence-electron chi connectivity index (χ0n) is 19.9. The van der Waals surface area contributed by atoms with Gasteiger partial charge in [0, 0.05) is 25.0 Å². The van der Waals surface area contributed by atoms with Gasteiger partial charge >= 0.3 is 0 Å². The molecule has 1 amide bonds. The van der Waals surface area contributed by atoms with Crippen molar-refractivity contribution in [1.82, 2.24) is 5.32 Å². The molecule has 0 saturated heterocycles. The van der Waals surface area contributed by atoms with Crippen LogP contribution < -0.4 is 5.32 Å². The van der Waals surface area contributed by atoms with Gasteiger partial charge in [-0.3, -0.25) is 9.59 Å². The maximum absolute atomic E-state index is 12.2. The highest BCUT2D eigenvalue weighted by atomic mass is 16.5. The second-order valence-corrected chi connectivity index (χ2v) is 8.58. The van der Waals surface area contributed by atoms with E-state index in [0.717, 1.165) is 57.9 Å². The number of carbonyl (C=O) groups excluding carboxylic acids is 2. The molecule has 0 aromatic rings. The number of ketones is 1. The maximum Gasteiger partial charge on any atom is 0.222 e. The van der Waals surface area contributed by atoms with Crippen LogP contribution in [0, 0.1) is 11.8 Å². The molecule has 0 aliphatic heterocycles. The van der Waals surface area contributed by atoms with E-state index in [1.165, 1.54) is 38.5 Å². The number of ether oxygens (including phenoxy) is 1. The number of hydrogen-bond donors (Lipinski definition) is 1. The van der Waals surface area contributed by atoms with Crippen LogP contribution in [-0.4, -0.2) is 31.4 Å². The molecule has 2 atom stereocenters. The standard InChI is InChI=1S/C25H49NO3/c1-5-8-9-14-18-23(7-3)24(27)21-29-20-16-13-11-10-12-15-19-26-25(28)22(4)17-6-2/h22-23H,5-21H2,1-4H3,(H,26,28). The molecule has 172 valence electrons. The van der Waals surface area contributed by atoms with Crippen molar-refractivity contribution in [2.75, 3.05) is 19.8 Å². The number of Topliss-reactive ketones (excluding diaryl/α,β-unsaturated/α-hetero) is 1. The van der Waals surface area contributed by atoms with E-state index in [2.05, 4.69) is 26.1 Å². The molecular weight excluding hydrogens is 362 g/mol. The Hall–Kier alpha value is -0.900. The van der Waals surface area contributed by atoms with Gasteiger partial charge in [0.15, 0.2) is 5.78 Å². The molecule has 0 aromatic carbocycles.